The molecular formula is C15H23NO3. The van der Waals surface area contributed by atoms with Crippen molar-refractivity contribution in [3.05, 3.63) is 29.8 Å². The molecule has 0 heterocycles. The maximum Gasteiger partial charge on any atom is 0.347 e. The smallest absolute Gasteiger partial charge is 0.347 e. The monoisotopic (exact) mass is 265 g/mol. The van der Waals surface area contributed by atoms with E-state index >= 15 is 0 Å². The zero-order valence-electron chi connectivity index (χ0n) is 11.9. The summed E-state index contributed by atoms with van der Waals surface area (Å²) in [5.74, 6) is 0.351. The number of benzene rings is 1. The molecule has 4 nitrogen and oxygen atoms in total. The van der Waals surface area contributed by atoms with Crippen LogP contribution in [0.25, 0.3) is 0 Å². The molecule has 1 aromatic carbocycles. The predicted octanol–water partition coefficient (Wildman–Crippen LogP) is 2.30. The normalized spacial score (nSPS) is 13.7. The van der Waals surface area contributed by atoms with E-state index in [1.807, 2.05) is 24.3 Å². The molecule has 0 aliphatic carbocycles. The van der Waals surface area contributed by atoms with Gasteiger partial charge >= 0.3 is 5.97 Å². The standard InChI is InChI=1S/C15H23NO3/c1-4-13(16)10-12-8-6-7-9-14(12)19-11(3)15(17)18-5-2/h6-9,11,13H,4-5,10,16H2,1-3H3. The highest BCUT2D eigenvalue weighted by Gasteiger charge is 2.17. The Morgan fingerprint density at radius 2 is 2.00 bits per heavy atom. The number of nitrogens with two attached hydrogens (primary N) is 1. The SMILES string of the molecule is CCOC(=O)C(C)Oc1ccccc1CC(N)CC. The van der Waals surface area contributed by atoms with Crippen LogP contribution in [0.15, 0.2) is 24.3 Å². The quantitative estimate of drug-likeness (QED) is 0.768. The third-order valence-corrected chi connectivity index (χ3v) is 2.90. The minimum Gasteiger partial charge on any atom is -0.479 e. The minimum atomic E-state index is -0.612. The molecule has 0 saturated carbocycles. The van der Waals surface area contributed by atoms with Crippen molar-refractivity contribution in [3.8, 4) is 5.75 Å². The molecule has 0 saturated heterocycles. The Bertz CT molecular complexity index is 406. The summed E-state index contributed by atoms with van der Waals surface area (Å²) < 4.78 is 10.6. The van der Waals surface area contributed by atoms with Crippen molar-refractivity contribution in [3.63, 3.8) is 0 Å². The number of ether oxygens (including phenoxy) is 2. The molecule has 4 heteroatoms. The molecule has 0 amide bonds. The summed E-state index contributed by atoms with van der Waals surface area (Å²) >= 11 is 0. The summed E-state index contributed by atoms with van der Waals surface area (Å²) in [6.45, 7) is 5.87. The second-order valence-electron chi connectivity index (χ2n) is 4.49. The highest BCUT2D eigenvalue weighted by Crippen LogP contribution is 2.21. The van der Waals surface area contributed by atoms with Crippen LogP contribution in [0.1, 0.15) is 32.8 Å². The van der Waals surface area contributed by atoms with Crippen LogP contribution in [0.5, 0.6) is 5.75 Å². The van der Waals surface area contributed by atoms with Crippen LogP contribution in [0.4, 0.5) is 0 Å². The molecule has 2 unspecified atom stereocenters. The van der Waals surface area contributed by atoms with E-state index in [2.05, 4.69) is 6.92 Å². The zero-order valence-corrected chi connectivity index (χ0v) is 11.9. The highest BCUT2D eigenvalue weighted by molar-refractivity contribution is 5.74. The van der Waals surface area contributed by atoms with Crippen molar-refractivity contribution in [2.45, 2.75) is 45.8 Å². The molecule has 0 aliphatic heterocycles. The number of carbonyl (C=O) groups excluding carboxylic acids is 1. The molecule has 2 N–H and O–H groups in total. The van der Waals surface area contributed by atoms with Gasteiger partial charge in [-0.2, -0.15) is 0 Å². The molecule has 19 heavy (non-hydrogen) atoms. The fraction of sp³-hybridized carbons (Fsp3) is 0.533. The van der Waals surface area contributed by atoms with Gasteiger partial charge in [-0.15, -0.1) is 0 Å². The lowest BCUT2D eigenvalue weighted by molar-refractivity contribution is -0.150. The third kappa shape index (κ3) is 4.91. The molecule has 1 rings (SSSR count). The van der Waals surface area contributed by atoms with Crippen LogP contribution < -0.4 is 10.5 Å². The van der Waals surface area contributed by atoms with Crippen molar-refractivity contribution in [2.75, 3.05) is 6.61 Å². The molecule has 0 bridgehead atoms. The molecule has 106 valence electrons. The zero-order chi connectivity index (χ0) is 14.3. The van der Waals surface area contributed by atoms with E-state index in [1.165, 1.54) is 0 Å². The van der Waals surface area contributed by atoms with Crippen molar-refractivity contribution in [1.29, 1.82) is 0 Å². The molecule has 2 atom stereocenters. The van der Waals surface area contributed by atoms with E-state index in [4.69, 9.17) is 15.2 Å². The summed E-state index contributed by atoms with van der Waals surface area (Å²) in [6, 6.07) is 7.76. The van der Waals surface area contributed by atoms with Crippen molar-refractivity contribution in [2.24, 2.45) is 5.73 Å². The topological polar surface area (TPSA) is 61.5 Å². The first kappa shape index (κ1) is 15.5. The lowest BCUT2D eigenvalue weighted by Gasteiger charge is -2.17. The summed E-state index contributed by atoms with van der Waals surface area (Å²) in [4.78, 5) is 11.6. The third-order valence-electron chi connectivity index (χ3n) is 2.90. The number of carbonyl (C=O) groups is 1. The van der Waals surface area contributed by atoms with E-state index < -0.39 is 6.10 Å². The molecular weight excluding hydrogens is 242 g/mol. The molecule has 0 fully saturated rings. The van der Waals surface area contributed by atoms with E-state index in [9.17, 15) is 4.79 Å². The minimum absolute atomic E-state index is 0.0997. The Kier molecular flexibility index (Phi) is 6.36. The Labute approximate surface area is 114 Å². The Hall–Kier alpha value is -1.55. The van der Waals surface area contributed by atoms with Crippen molar-refractivity contribution < 1.29 is 14.3 Å². The van der Waals surface area contributed by atoms with E-state index in [-0.39, 0.29) is 12.0 Å². The van der Waals surface area contributed by atoms with Gasteiger partial charge in [0.25, 0.3) is 0 Å². The Morgan fingerprint density at radius 1 is 1.32 bits per heavy atom. The lowest BCUT2D eigenvalue weighted by Crippen LogP contribution is -2.27. The van der Waals surface area contributed by atoms with Gasteiger partial charge in [0.15, 0.2) is 6.10 Å². The average Bonchev–Trinajstić information content (AvgIpc) is 2.41. The summed E-state index contributed by atoms with van der Waals surface area (Å²) in [6.07, 6.45) is 1.03. The van der Waals surface area contributed by atoms with Crippen LogP contribution in [-0.2, 0) is 16.0 Å². The number of para-hydroxylation sites is 1. The van der Waals surface area contributed by atoms with Gasteiger partial charge in [-0.3, -0.25) is 0 Å². The van der Waals surface area contributed by atoms with Gasteiger partial charge in [0.05, 0.1) is 6.61 Å². The maximum absolute atomic E-state index is 11.6. The molecule has 0 spiro atoms. The molecule has 0 radical (unpaired) electrons. The first-order chi connectivity index (χ1) is 9.08. The van der Waals surface area contributed by atoms with Gasteiger partial charge in [0.2, 0.25) is 0 Å². The number of hydrogen-bond donors (Lipinski definition) is 1. The maximum atomic E-state index is 11.6. The van der Waals surface area contributed by atoms with Crippen LogP contribution in [0, 0.1) is 0 Å². The highest BCUT2D eigenvalue weighted by atomic mass is 16.6. The summed E-state index contributed by atoms with van der Waals surface area (Å²) in [5, 5.41) is 0. The average molecular weight is 265 g/mol. The Morgan fingerprint density at radius 3 is 2.63 bits per heavy atom. The van der Waals surface area contributed by atoms with Crippen molar-refractivity contribution >= 4 is 5.97 Å². The first-order valence-corrected chi connectivity index (χ1v) is 6.75. The lowest BCUT2D eigenvalue weighted by atomic mass is 10.0. The van der Waals surface area contributed by atoms with Gasteiger partial charge in [-0.25, -0.2) is 4.79 Å². The number of rotatable bonds is 7. The molecule has 0 aliphatic rings. The van der Waals surface area contributed by atoms with E-state index in [1.54, 1.807) is 13.8 Å². The van der Waals surface area contributed by atoms with E-state index in [0.717, 1.165) is 18.4 Å². The van der Waals surface area contributed by atoms with Gasteiger partial charge in [0.1, 0.15) is 5.75 Å². The van der Waals surface area contributed by atoms with Crippen LogP contribution in [0.3, 0.4) is 0 Å². The Balaban J connectivity index is 2.74. The molecule has 1 aromatic rings. The largest absolute Gasteiger partial charge is 0.479 e. The summed E-state index contributed by atoms with van der Waals surface area (Å²) in [5.41, 5.74) is 6.99. The molecule has 0 aromatic heterocycles. The first-order valence-electron chi connectivity index (χ1n) is 6.75. The van der Waals surface area contributed by atoms with Gasteiger partial charge in [-0.05, 0) is 38.3 Å². The fourth-order valence-corrected chi connectivity index (χ4v) is 1.71. The van der Waals surface area contributed by atoms with Gasteiger partial charge < -0.3 is 15.2 Å². The van der Waals surface area contributed by atoms with Crippen LogP contribution in [0.2, 0.25) is 0 Å². The fourth-order valence-electron chi connectivity index (χ4n) is 1.71. The second kappa shape index (κ2) is 7.79. The van der Waals surface area contributed by atoms with Crippen molar-refractivity contribution in [1.82, 2.24) is 0 Å². The summed E-state index contributed by atoms with van der Waals surface area (Å²) in [7, 11) is 0. The second-order valence-corrected chi connectivity index (χ2v) is 4.49. The number of hydrogen-bond acceptors (Lipinski definition) is 4. The van der Waals surface area contributed by atoms with Crippen LogP contribution in [-0.4, -0.2) is 24.7 Å². The predicted molar refractivity (Wildman–Crippen MR) is 75.1 cm³/mol. The number of esters is 1. The van der Waals surface area contributed by atoms with Crippen LogP contribution >= 0.6 is 0 Å². The van der Waals surface area contributed by atoms with Gasteiger partial charge in [-0.1, -0.05) is 25.1 Å². The van der Waals surface area contributed by atoms with E-state index in [0.29, 0.717) is 12.4 Å². The van der Waals surface area contributed by atoms with Gasteiger partial charge in [0, 0.05) is 6.04 Å².